The molecule has 0 radical (unpaired) electrons. The normalized spacial score (nSPS) is 12.2. The predicted octanol–water partition coefficient (Wildman–Crippen LogP) is 1.95. The number of nitrogens with one attached hydrogen (secondary N) is 1. The highest BCUT2D eigenvalue weighted by molar-refractivity contribution is 6.06. The van der Waals surface area contributed by atoms with E-state index in [0.717, 1.165) is 0 Å². The molecule has 2 aromatic rings. The van der Waals surface area contributed by atoms with Gasteiger partial charge < -0.3 is 20.5 Å². The molecule has 20 heavy (non-hydrogen) atoms. The van der Waals surface area contributed by atoms with E-state index in [1.807, 2.05) is 0 Å². The Morgan fingerprint density at radius 1 is 1.35 bits per heavy atom. The van der Waals surface area contributed by atoms with Crippen LogP contribution in [0, 0.1) is 6.92 Å². The maximum absolute atomic E-state index is 12.2. The Morgan fingerprint density at radius 3 is 2.85 bits per heavy atom. The summed E-state index contributed by atoms with van der Waals surface area (Å²) in [5, 5.41) is 2.76. The van der Waals surface area contributed by atoms with Crippen molar-refractivity contribution < 1.29 is 14.3 Å². The molecular weight excluding hydrogens is 258 g/mol. The Kier molecular flexibility index (Phi) is 2.90. The molecule has 1 aliphatic rings. The van der Waals surface area contributed by atoms with Gasteiger partial charge in [0.25, 0.3) is 5.91 Å². The highest BCUT2D eigenvalue weighted by Crippen LogP contribution is 2.38. The molecule has 1 aromatic carbocycles. The van der Waals surface area contributed by atoms with Crippen LogP contribution in [-0.2, 0) is 0 Å². The third-order valence-corrected chi connectivity index (χ3v) is 3.04. The zero-order chi connectivity index (χ0) is 14.1. The first kappa shape index (κ1) is 12.3. The highest BCUT2D eigenvalue weighted by Gasteiger charge is 2.18. The van der Waals surface area contributed by atoms with Gasteiger partial charge in [-0.2, -0.15) is 0 Å². The van der Waals surface area contributed by atoms with Gasteiger partial charge in [-0.3, -0.25) is 9.78 Å². The van der Waals surface area contributed by atoms with Crippen LogP contribution in [0.15, 0.2) is 30.5 Å². The lowest BCUT2D eigenvalue weighted by atomic mass is 10.1. The van der Waals surface area contributed by atoms with Crippen LogP contribution in [0.5, 0.6) is 11.5 Å². The molecule has 1 aromatic heterocycles. The number of nitrogens with two attached hydrogens (primary N) is 1. The van der Waals surface area contributed by atoms with Gasteiger partial charge in [-0.15, -0.1) is 0 Å². The van der Waals surface area contributed by atoms with Gasteiger partial charge >= 0.3 is 0 Å². The smallest absolute Gasteiger partial charge is 0.257 e. The fourth-order valence-corrected chi connectivity index (χ4v) is 1.98. The monoisotopic (exact) mass is 271 g/mol. The number of aromatic nitrogens is 1. The molecule has 0 spiro atoms. The van der Waals surface area contributed by atoms with Crippen molar-refractivity contribution in [3.05, 3.63) is 41.7 Å². The number of carbonyl (C=O) groups is 1. The Bertz CT molecular complexity index is 685. The SMILES string of the molecule is Cc1ncccc1C(=O)Nc1cc2c(cc1N)OCO2. The van der Waals surface area contributed by atoms with E-state index in [9.17, 15) is 4.79 Å². The van der Waals surface area contributed by atoms with Crippen LogP contribution in [0.1, 0.15) is 16.1 Å². The molecule has 2 heterocycles. The van der Waals surface area contributed by atoms with E-state index in [1.54, 1.807) is 37.4 Å². The van der Waals surface area contributed by atoms with Gasteiger partial charge in [0.05, 0.1) is 16.9 Å². The van der Waals surface area contributed by atoms with E-state index in [4.69, 9.17) is 15.2 Å². The van der Waals surface area contributed by atoms with Gasteiger partial charge in [0.1, 0.15) is 0 Å². The Hall–Kier alpha value is -2.76. The van der Waals surface area contributed by atoms with Gasteiger partial charge in [0.15, 0.2) is 11.5 Å². The number of carbonyl (C=O) groups excluding carboxylic acids is 1. The van der Waals surface area contributed by atoms with Crippen LogP contribution in [0.4, 0.5) is 11.4 Å². The van der Waals surface area contributed by atoms with Crippen molar-refractivity contribution in [3.8, 4) is 11.5 Å². The number of benzene rings is 1. The van der Waals surface area contributed by atoms with Crippen molar-refractivity contribution >= 4 is 17.3 Å². The fourth-order valence-electron chi connectivity index (χ4n) is 1.98. The fraction of sp³-hybridized carbons (Fsp3) is 0.143. The lowest BCUT2D eigenvalue weighted by Crippen LogP contribution is -2.15. The summed E-state index contributed by atoms with van der Waals surface area (Å²) in [6.45, 7) is 1.94. The van der Waals surface area contributed by atoms with Gasteiger partial charge in [0.2, 0.25) is 6.79 Å². The lowest BCUT2D eigenvalue weighted by molar-refractivity contribution is 0.102. The van der Waals surface area contributed by atoms with Crippen LogP contribution in [0.25, 0.3) is 0 Å². The number of rotatable bonds is 2. The lowest BCUT2D eigenvalue weighted by Gasteiger charge is -2.10. The number of hydrogen-bond donors (Lipinski definition) is 2. The molecule has 0 fully saturated rings. The number of nitrogen functional groups attached to an aromatic ring is 1. The summed E-state index contributed by atoms with van der Waals surface area (Å²) in [6.07, 6.45) is 1.64. The van der Waals surface area contributed by atoms with Crippen molar-refractivity contribution in [2.45, 2.75) is 6.92 Å². The predicted molar refractivity (Wildman–Crippen MR) is 73.9 cm³/mol. The van der Waals surface area contributed by atoms with Crippen LogP contribution >= 0.6 is 0 Å². The van der Waals surface area contributed by atoms with Crippen LogP contribution in [0.3, 0.4) is 0 Å². The second-order valence-corrected chi connectivity index (χ2v) is 4.38. The van der Waals surface area contributed by atoms with Crippen molar-refractivity contribution in [3.63, 3.8) is 0 Å². The molecule has 6 nitrogen and oxygen atoms in total. The number of anilines is 2. The number of amides is 1. The molecule has 0 bridgehead atoms. The summed E-state index contributed by atoms with van der Waals surface area (Å²) in [5.41, 5.74) is 7.96. The summed E-state index contributed by atoms with van der Waals surface area (Å²) >= 11 is 0. The molecule has 3 N–H and O–H groups in total. The van der Waals surface area contributed by atoms with E-state index < -0.39 is 0 Å². The minimum Gasteiger partial charge on any atom is -0.454 e. The zero-order valence-corrected chi connectivity index (χ0v) is 10.8. The highest BCUT2D eigenvalue weighted by atomic mass is 16.7. The van der Waals surface area contributed by atoms with E-state index in [0.29, 0.717) is 34.1 Å². The second kappa shape index (κ2) is 4.73. The number of aryl methyl sites for hydroxylation is 1. The third kappa shape index (κ3) is 2.11. The summed E-state index contributed by atoms with van der Waals surface area (Å²) < 4.78 is 10.5. The van der Waals surface area contributed by atoms with Crippen molar-refractivity contribution in [1.82, 2.24) is 4.98 Å². The number of pyridine rings is 1. The number of fused-ring (bicyclic) bond motifs is 1. The topological polar surface area (TPSA) is 86.5 Å². The molecule has 6 heteroatoms. The molecule has 0 atom stereocenters. The first-order valence-corrected chi connectivity index (χ1v) is 6.07. The third-order valence-electron chi connectivity index (χ3n) is 3.04. The van der Waals surface area contributed by atoms with Gasteiger partial charge in [-0.1, -0.05) is 0 Å². The summed E-state index contributed by atoms with van der Waals surface area (Å²) in [5.74, 6) is 0.886. The average Bonchev–Trinajstić information content (AvgIpc) is 2.86. The maximum Gasteiger partial charge on any atom is 0.257 e. The molecule has 1 aliphatic heterocycles. The van der Waals surface area contributed by atoms with Crippen molar-refractivity contribution in [2.75, 3.05) is 17.8 Å². The van der Waals surface area contributed by atoms with E-state index in [-0.39, 0.29) is 12.7 Å². The average molecular weight is 271 g/mol. The molecule has 0 aliphatic carbocycles. The Morgan fingerprint density at radius 2 is 2.10 bits per heavy atom. The van der Waals surface area contributed by atoms with E-state index in [1.165, 1.54) is 0 Å². The number of hydrogen-bond acceptors (Lipinski definition) is 5. The summed E-state index contributed by atoms with van der Waals surface area (Å²) in [7, 11) is 0. The van der Waals surface area contributed by atoms with Crippen LogP contribution < -0.4 is 20.5 Å². The molecule has 0 unspecified atom stereocenters. The molecule has 0 saturated heterocycles. The van der Waals surface area contributed by atoms with Gasteiger partial charge in [-0.25, -0.2) is 0 Å². The van der Waals surface area contributed by atoms with Crippen molar-refractivity contribution in [2.24, 2.45) is 0 Å². The molecule has 102 valence electrons. The quantitative estimate of drug-likeness (QED) is 0.815. The Balaban J connectivity index is 1.88. The number of nitrogens with zero attached hydrogens (tertiary/aromatic N) is 1. The zero-order valence-electron chi connectivity index (χ0n) is 10.8. The first-order chi connectivity index (χ1) is 9.65. The number of ether oxygens (including phenoxy) is 2. The van der Waals surface area contributed by atoms with E-state index in [2.05, 4.69) is 10.3 Å². The maximum atomic E-state index is 12.2. The minimum atomic E-state index is -0.263. The molecular formula is C14H13N3O3. The minimum absolute atomic E-state index is 0.161. The van der Waals surface area contributed by atoms with Crippen molar-refractivity contribution in [1.29, 1.82) is 0 Å². The summed E-state index contributed by atoms with van der Waals surface area (Å²) in [4.78, 5) is 16.3. The second-order valence-electron chi connectivity index (χ2n) is 4.38. The van der Waals surface area contributed by atoms with Gasteiger partial charge in [-0.05, 0) is 19.1 Å². The van der Waals surface area contributed by atoms with Crippen LogP contribution in [-0.4, -0.2) is 17.7 Å². The molecule has 3 rings (SSSR count). The summed E-state index contributed by atoms with van der Waals surface area (Å²) in [6, 6.07) is 6.71. The van der Waals surface area contributed by atoms with Gasteiger partial charge in [0, 0.05) is 24.0 Å². The molecule has 1 amide bonds. The largest absolute Gasteiger partial charge is 0.454 e. The van der Waals surface area contributed by atoms with Crippen LogP contribution in [0.2, 0.25) is 0 Å². The van der Waals surface area contributed by atoms with E-state index >= 15 is 0 Å². The Labute approximate surface area is 115 Å². The molecule has 0 saturated carbocycles. The first-order valence-electron chi connectivity index (χ1n) is 6.07. The standard InChI is InChI=1S/C14H13N3O3/c1-8-9(3-2-4-16-8)14(18)17-11-6-13-12(5-10(11)15)19-7-20-13/h2-6H,7,15H2,1H3,(H,17,18).